The molecule has 0 atom stereocenters. The topological polar surface area (TPSA) is 75.4 Å². The van der Waals surface area contributed by atoms with Gasteiger partial charge in [-0.1, -0.05) is 0 Å². The Kier molecular flexibility index (Phi) is 2.78. The zero-order chi connectivity index (χ0) is 11.7. The zero-order valence-electron chi connectivity index (χ0n) is 9.01. The molecular weight excluding hydrogens is 208 g/mol. The highest BCUT2D eigenvalue weighted by molar-refractivity contribution is 5.56. The van der Waals surface area contributed by atoms with E-state index in [1.165, 1.54) is 6.07 Å². The Morgan fingerprint density at radius 1 is 1.50 bits per heavy atom. The van der Waals surface area contributed by atoms with Crippen LogP contribution in [0.3, 0.4) is 0 Å². The summed E-state index contributed by atoms with van der Waals surface area (Å²) in [7, 11) is 0. The monoisotopic (exact) mass is 222 g/mol. The predicted octanol–water partition coefficient (Wildman–Crippen LogP) is 1.84. The van der Waals surface area contributed by atoms with Gasteiger partial charge >= 0.3 is 0 Å². The van der Waals surface area contributed by atoms with Gasteiger partial charge in [-0.15, -0.1) is 0 Å². The van der Waals surface area contributed by atoms with Crippen molar-refractivity contribution in [2.45, 2.75) is 31.9 Å². The molecule has 0 unspecified atom stereocenters. The minimum absolute atomic E-state index is 0.108. The number of nitrogens with zero attached hydrogens (tertiary/aromatic N) is 1. The first-order chi connectivity index (χ1) is 7.56. The molecular formula is C11H14N2O3. The molecule has 1 fully saturated rings. The standard InChI is InChI=1S/C11H14N2O3/c1-7-4-9(13(15)16)2-3-11(7)12-8-5-10(14)6-8/h2-4,8,10,12,14H,5-6H2,1H3. The summed E-state index contributed by atoms with van der Waals surface area (Å²) in [4.78, 5) is 10.2. The molecule has 0 bridgehead atoms. The van der Waals surface area contributed by atoms with Gasteiger partial charge in [0, 0.05) is 23.9 Å². The van der Waals surface area contributed by atoms with Gasteiger partial charge in [0.2, 0.25) is 0 Å². The molecule has 1 saturated carbocycles. The SMILES string of the molecule is Cc1cc([N+](=O)[O-])ccc1NC1CC(O)C1. The van der Waals surface area contributed by atoms with E-state index in [0.717, 1.165) is 24.1 Å². The molecule has 16 heavy (non-hydrogen) atoms. The van der Waals surface area contributed by atoms with Crippen molar-refractivity contribution < 1.29 is 10.0 Å². The number of hydrogen-bond acceptors (Lipinski definition) is 4. The number of aliphatic hydroxyl groups is 1. The molecule has 5 nitrogen and oxygen atoms in total. The zero-order valence-corrected chi connectivity index (χ0v) is 9.01. The van der Waals surface area contributed by atoms with Crippen molar-refractivity contribution in [3.05, 3.63) is 33.9 Å². The number of anilines is 1. The van der Waals surface area contributed by atoms with Gasteiger partial charge in [-0.3, -0.25) is 10.1 Å². The maximum absolute atomic E-state index is 10.5. The predicted molar refractivity (Wildman–Crippen MR) is 60.5 cm³/mol. The summed E-state index contributed by atoms with van der Waals surface area (Å²) < 4.78 is 0. The fourth-order valence-electron chi connectivity index (χ4n) is 1.85. The molecule has 0 radical (unpaired) electrons. The molecule has 0 amide bonds. The maximum Gasteiger partial charge on any atom is 0.269 e. The molecule has 1 aromatic rings. The van der Waals surface area contributed by atoms with E-state index < -0.39 is 4.92 Å². The molecule has 5 heteroatoms. The molecule has 1 aromatic carbocycles. The largest absolute Gasteiger partial charge is 0.393 e. The van der Waals surface area contributed by atoms with E-state index >= 15 is 0 Å². The fraction of sp³-hybridized carbons (Fsp3) is 0.455. The van der Waals surface area contributed by atoms with E-state index in [1.54, 1.807) is 12.1 Å². The van der Waals surface area contributed by atoms with Crippen LogP contribution in [0.25, 0.3) is 0 Å². The highest BCUT2D eigenvalue weighted by atomic mass is 16.6. The smallest absolute Gasteiger partial charge is 0.269 e. The third kappa shape index (κ3) is 2.14. The van der Waals surface area contributed by atoms with Gasteiger partial charge in [0.25, 0.3) is 5.69 Å². The van der Waals surface area contributed by atoms with Gasteiger partial charge in [-0.25, -0.2) is 0 Å². The van der Waals surface area contributed by atoms with Crippen molar-refractivity contribution in [2.24, 2.45) is 0 Å². The average Bonchev–Trinajstić information content (AvgIpc) is 2.18. The van der Waals surface area contributed by atoms with Crippen LogP contribution in [0.15, 0.2) is 18.2 Å². The minimum Gasteiger partial charge on any atom is -0.393 e. The van der Waals surface area contributed by atoms with Crippen LogP contribution in [0, 0.1) is 17.0 Å². The van der Waals surface area contributed by atoms with E-state index in [9.17, 15) is 10.1 Å². The van der Waals surface area contributed by atoms with Crippen LogP contribution in [-0.2, 0) is 0 Å². The van der Waals surface area contributed by atoms with Gasteiger partial charge < -0.3 is 10.4 Å². The summed E-state index contributed by atoms with van der Waals surface area (Å²) >= 11 is 0. The lowest BCUT2D eigenvalue weighted by Gasteiger charge is -2.33. The van der Waals surface area contributed by atoms with Gasteiger partial charge in [0.1, 0.15) is 0 Å². The number of benzene rings is 1. The number of nitro benzene ring substituents is 1. The van der Waals surface area contributed by atoms with Crippen molar-refractivity contribution >= 4 is 11.4 Å². The summed E-state index contributed by atoms with van der Waals surface area (Å²) in [6.45, 7) is 1.84. The fourth-order valence-corrected chi connectivity index (χ4v) is 1.85. The lowest BCUT2D eigenvalue weighted by atomic mass is 9.89. The Labute approximate surface area is 93.2 Å². The maximum atomic E-state index is 10.5. The van der Waals surface area contributed by atoms with Gasteiger partial charge in [-0.05, 0) is 31.4 Å². The number of non-ortho nitro benzene ring substituents is 1. The molecule has 1 aliphatic rings. The minimum atomic E-state index is -0.399. The Balaban J connectivity index is 2.07. The molecule has 0 spiro atoms. The van der Waals surface area contributed by atoms with E-state index in [-0.39, 0.29) is 17.8 Å². The Bertz CT molecular complexity index is 414. The summed E-state index contributed by atoms with van der Waals surface area (Å²) in [6.07, 6.45) is 1.29. The Morgan fingerprint density at radius 2 is 2.19 bits per heavy atom. The van der Waals surface area contributed by atoms with E-state index in [4.69, 9.17) is 5.11 Å². The molecule has 1 aliphatic carbocycles. The lowest BCUT2D eigenvalue weighted by Crippen LogP contribution is -2.39. The molecule has 0 heterocycles. The van der Waals surface area contributed by atoms with Crippen molar-refractivity contribution in [3.63, 3.8) is 0 Å². The molecule has 2 rings (SSSR count). The molecule has 0 aromatic heterocycles. The number of aryl methyl sites for hydroxylation is 1. The van der Waals surface area contributed by atoms with Crippen molar-refractivity contribution in [1.82, 2.24) is 0 Å². The molecule has 0 aliphatic heterocycles. The van der Waals surface area contributed by atoms with Crippen LogP contribution in [-0.4, -0.2) is 22.2 Å². The number of nitrogens with one attached hydrogen (secondary N) is 1. The van der Waals surface area contributed by atoms with Crippen molar-refractivity contribution in [2.75, 3.05) is 5.32 Å². The van der Waals surface area contributed by atoms with Crippen LogP contribution in [0.2, 0.25) is 0 Å². The second-order valence-corrected chi connectivity index (χ2v) is 4.22. The van der Waals surface area contributed by atoms with Crippen LogP contribution in [0.5, 0.6) is 0 Å². The van der Waals surface area contributed by atoms with E-state index in [2.05, 4.69) is 5.32 Å². The third-order valence-corrected chi connectivity index (χ3v) is 2.89. The number of nitro groups is 1. The van der Waals surface area contributed by atoms with Gasteiger partial charge in [-0.2, -0.15) is 0 Å². The first-order valence-corrected chi connectivity index (χ1v) is 5.26. The quantitative estimate of drug-likeness (QED) is 0.604. The molecule has 86 valence electrons. The van der Waals surface area contributed by atoms with Crippen molar-refractivity contribution in [3.8, 4) is 0 Å². The third-order valence-electron chi connectivity index (χ3n) is 2.89. The highest BCUT2D eigenvalue weighted by Gasteiger charge is 2.27. The van der Waals surface area contributed by atoms with Crippen molar-refractivity contribution in [1.29, 1.82) is 0 Å². The summed E-state index contributed by atoms with van der Waals surface area (Å²) in [5, 5.41) is 23.0. The average molecular weight is 222 g/mol. The lowest BCUT2D eigenvalue weighted by molar-refractivity contribution is -0.384. The van der Waals surface area contributed by atoms with Gasteiger partial charge in [0.15, 0.2) is 0 Å². The first kappa shape index (κ1) is 10.9. The summed E-state index contributed by atoms with van der Waals surface area (Å²) in [6, 6.07) is 5.05. The Morgan fingerprint density at radius 3 is 2.69 bits per heavy atom. The van der Waals surface area contributed by atoms with Crippen LogP contribution < -0.4 is 5.32 Å². The van der Waals surface area contributed by atoms with Crippen LogP contribution in [0.4, 0.5) is 11.4 Å². The molecule has 2 N–H and O–H groups in total. The number of hydrogen-bond donors (Lipinski definition) is 2. The van der Waals surface area contributed by atoms with Gasteiger partial charge in [0.05, 0.1) is 11.0 Å². The normalized spacial score (nSPS) is 23.6. The second kappa shape index (κ2) is 4.09. The summed E-state index contributed by atoms with van der Waals surface area (Å²) in [5.74, 6) is 0. The summed E-state index contributed by atoms with van der Waals surface area (Å²) in [5.41, 5.74) is 1.87. The number of aliphatic hydroxyl groups excluding tert-OH is 1. The Hall–Kier alpha value is -1.62. The number of rotatable bonds is 3. The molecule has 0 saturated heterocycles. The van der Waals surface area contributed by atoms with Crippen LogP contribution >= 0.6 is 0 Å². The first-order valence-electron chi connectivity index (χ1n) is 5.26. The highest BCUT2D eigenvalue weighted by Crippen LogP contribution is 2.27. The van der Waals surface area contributed by atoms with E-state index in [1.807, 2.05) is 6.92 Å². The van der Waals surface area contributed by atoms with Crippen LogP contribution in [0.1, 0.15) is 18.4 Å². The second-order valence-electron chi connectivity index (χ2n) is 4.22. The van der Waals surface area contributed by atoms with E-state index in [0.29, 0.717) is 0 Å².